The number of phenols is 6. The first kappa shape index (κ1) is 128. The van der Waals surface area contributed by atoms with Crippen molar-refractivity contribution in [2.24, 2.45) is 0 Å². The molecule has 0 aromatic heterocycles. The molecule has 132 heavy (non-hydrogen) atoms. The molecule has 6 unspecified atom stereocenters. The van der Waals surface area contributed by atoms with Crippen molar-refractivity contribution in [1.82, 2.24) is 0 Å². The minimum absolute atomic E-state index is 0.0211. The summed E-state index contributed by atoms with van der Waals surface area (Å²) in [5.41, 5.74) is 1.48. The van der Waals surface area contributed by atoms with Crippen molar-refractivity contribution in [3.63, 3.8) is 0 Å². The van der Waals surface area contributed by atoms with Crippen molar-refractivity contribution in [3.05, 3.63) is 304 Å². The van der Waals surface area contributed by atoms with Crippen LogP contribution in [0, 0.1) is 52.1 Å². The summed E-state index contributed by atoms with van der Waals surface area (Å²) < 4.78 is 210. The molecule has 0 aliphatic rings. The molecule has 0 aliphatic carbocycles. The predicted molar refractivity (Wildman–Crippen MR) is 506 cm³/mol. The number of benzene rings is 12. The molecule has 0 radical (unpaired) electrons. The second-order valence-corrected chi connectivity index (χ2v) is 48.5. The molecule has 9 nitrogen and oxygen atoms in total. The number of halogens is 27. The van der Waals surface area contributed by atoms with Gasteiger partial charge in [-0.15, -0.1) is 0 Å². The Morgan fingerprint density at radius 3 is 0.962 bits per heavy atom. The van der Waals surface area contributed by atoms with Gasteiger partial charge in [0, 0.05) is 54.6 Å². The summed E-state index contributed by atoms with van der Waals surface area (Å²) >= 11 is -3.33. The Balaban J connectivity index is 0.000000763. The van der Waals surface area contributed by atoms with Crippen LogP contribution in [0.3, 0.4) is 0 Å². The summed E-state index contributed by atoms with van der Waals surface area (Å²) in [6.07, 6.45) is -17.5. The standard InChI is InChI=1S/C15H14F3OP.2C14H12F3OP.C14H13F2O3P.C14H14FO2P.C13H10F3OP.12ClH.6Ti/c1-9-7-10(2)14(19)13(8-9)20-12-6-4-3-5-11(12)15(16,17)18;1-9-5-4-8-12(13(9)18)19-11-7-3-2-6-10(11)14(15,16)17;1-9-6-7-11(18)13(8-9)19-12-5-3-2-4-10(12)14(15,16)17;1-18-9-6-11(19-2)14(17)13(7-9)20-12-4-3-8(15)5-10(12)16;1-9-3-6-13(11(15)7-9)18-14-8-10(17-2)4-5-12(14)16;14-13(15,16)9-5-1-3-7-11(9)18-12-8-4-2-6-10(12)17;;;;;;;;;;;;;;;;;;/h3-8,19-20H,1-2H3;2*2-8,18-19H,1H3;3-7,17,20H,1-2H3;3-8,16,18H,1-2H3;1-8,17-18H;12*1H;;;;;;/q;;;;;;;;;;;;;;;;;;6*+2/p-12. The van der Waals surface area contributed by atoms with E-state index in [1.165, 1.54) is 99.1 Å². The normalized spacial score (nSPS) is 10.8. The number of methoxy groups -OCH3 is 3. The van der Waals surface area contributed by atoms with Crippen LogP contribution in [0.2, 0.25) is 0 Å². The fourth-order valence-corrected chi connectivity index (χ4v) is 17.9. The van der Waals surface area contributed by atoms with Crippen LogP contribution in [0.5, 0.6) is 51.7 Å². The van der Waals surface area contributed by atoms with Crippen LogP contribution in [0.4, 0.5) is 65.9 Å². The van der Waals surface area contributed by atoms with Gasteiger partial charge in [-0.1, -0.05) is 191 Å². The number of rotatable bonds is 15. The Labute approximate surface area is 865 Å². The molecule has 12 aromatic rings. The first-order valence-corrected chi connectivity index (χ1v) is 67.7. The number of hydrogen-bond acceptors (Lipinski definition) is 9. The van der Waals surface area contributed by atoms with Crippen molar-refractivity contribution in [3.8, 4) is 51.7 Å². The van der Waals surface area contributed by atoms with Gasteiger partial charge < -0.3 is 44.8 Å². The van der Waals surface area contributed by atoms with Crippen LogP contribution in [-0.4, -0.2) is 52.0 Å². The van der Waals surface area contributed by atoms with Crippen molar-refractivity contribution < 1.29 is 213 Å². The maximum absolute atomic E-state index is 13.7. The quantitative estimate of drug-likeness (QED) is 0.0335. The van der Waals surface area contributed by atoms with Crippen LogP contribution < -0.4 is 77.9 Å². The van der Waals surface area contributed by atoms with E-state index < -0.39 is 161 Å². The van der Waals surface area contributed by atoms with E-state index in [4.69, 9.17) is 126 Å². The van der Waals surface area contributed by atoms with E-state index in [1.54, 1.807) is 136 Å². The Hall–Kier alpha value is -1.86. The van der Waals surface area contributed by atoms with Gasteiger partial charge in [-0.3, -0.25) is 0 Å². The van der Waals surface area contributed by atoms with E-state index in [9.17, 15) is 96.5 Å². The van der Waals surface area contributed by atoms with Gasteiger partial charge in [0.15, 0.2) is 11.5 Å². The summed E-state index contributed by atoms with van der Waals surface area (Å²) in [6, 6.07) is 58.4. The molecule has 0 amide bonds. The molecular weight excluding hydrogens is 2340 g/mol. The first-order valence-electron chi connectivity index (χ1n) is 35.9. The van der Waals surface area contributed by atoms with Crippen molar-refractivity contribution in [2.45, 2.75) is 59.3 Å². The fraction of sp³-hybridized carbons (Fsp3) is 0.143. The Kier molecular flexibility index (Phi) is 67.1. The molecule has 0 aliphatic heterocycles. The zero-order valence-electron chi connectivity index (χ0n) is 69.1. The molecule has 0 bridgehead atoms. The third-order valence-electron chi connectivity index (χ3n) is 16.0. The van der Waals surface area contributed by atoms with Crippen LogP contribution in [0.1, 0.15) is 50.1 Å². The Morgan fingerprint density at radius 2 is 0.553 bits per heavy atom. The number of phenolic OH excluding ortho intramolecular Hbond substituents is 6. The van der Waals surface area contributed by atoms with Gasteiger partial charge >= 0.3 is 239 Å². The zero-order chi connectivity index (χ0) is 100. The van der Waals surface area contributed by atoms with Gasteiger partial charge in [0.2, 0.25) is 0 Å². The minimum atomic E-state index is -4.38. The number of aromatic hydroxyl groups is 6. The summed E-state index contributed by atoms with van der Waals surface area (Å²) in [5, 5.41) is 63.9. The van der Waals surface area contributed by atoms with Crippen molar-refractivity contribution in [2.75, 3.05) is 21.3 Å². The summed E-state index contributed by atoms with van der Waals surface area (Å²) in [5.74, 6) is 0.146. The predicted octanol–water partition coefficient (Wildman–Crippen LogP) is 26.4. The van der Waals surface area contributed by atoms with E-state index in [0.717, 1.165) is 47.0 Å². The molecule has 12 rings (SSSR count). The molecule has 708 valence electrons. The monoisotopic (exact) mass is 2410 g/mol. The molecule has 0 saturated carbocycles. The van der Waals surface area contributed by atoms with E-state index in [1.807, 2.05) is 26.8 Å². The molecule has 6 N–H and O–H groups in total. The SMILES string of the molecule is COc1cc(OC)c(O)c(Pc2ccc(F)cc2F)c1.COc1ccc(O)c(Pc2ccc(C)cc2F)c1.Cc1cc(C)c(O)c(Pc2ccccc2C(F)(F)F)c1.Cc1ccc(O)c(Pc2ccccc2C(F)(F)F)c1.Cc1cccc(Pc2ccccc2C(F)(F)F)c1O.Oc1ccccc1Pc1ccccc1C(F)(F)F.[Cl][Ti][Cl].[Cl][Ti][Cl].[Cl][Ti][Cl].[Cl][Ti][Cl].[Cl][Ti][Cl].[Cl][Ti][Cl]. The second-order valence-electron chi connectivity index (χ2n) is 25.1. The van der Waals surface area contributed by atoms with E-state index in [2.05, 4.69) is 0 Å². The molecule has 48 heteroatoms. The van der Waals surface area contributed by atoms with Gasteiger partial charge in [-0.25, -0.2) is 13.2 Å². The molecule has 0 fully saturated rings. The van der Waals surface area contributed by atoms with E-state index in [-0.39, 0.29) is 119 Å². The van der Waals surface area contributed by atoms with Gasteiger partial charge in [0.1, 0.15) is 57.7 Å². The van der Waals surface area contributed by atoms with E-state index in [0.29, 0.717) is 65.1 Å². The van der Waals surface area contributed by atoms with Gasteiger partial charge in [-0.2, -0.15) is 52.7 Å². The third kappa shape index (κ3) is 49.2. The topological polar surface area (TPSA) is 149 Å². The first-order chi connectivity index (χ1) is 62.2. The molecule has 0 spiro atoms. The molecule has 0 heterocycles. The fourth-order valence-electron chi connectivity index (χ4n) is 10.4. The summed E-state index contributed by atoms with van der Waals surface area (Å²) in [4.78, 5) is 0. The number of alkyl halides is 12. The summed E-state index contributed by atoms with van der Waals surface area (Å²) in [7, 11) is 62.1. The van der Waals surface area contributed by atoms with Crippen LogP contribution >= 0.6 is 163 Å². The summed E-state index contributed by atoms with van der Waals surface area (Å²) in [6.45, 7) is 9.00. The Bertz CT molecular complexity index is 5370. The molecule has 12 aromatic carbocycles. The average Bonchev–Trinajstić information content (AvgIpc) is 1.19. The average molecular weight is 2410 g/mol. The van der Waals surface area contributed by atoms with Gasteiger partial charge in [0.05, 0.1) is 43.6 Å². The number of hydrogen-bond donors (Lipinski definition) is 6. The van der Waals surface area contributed by atoms with Crippen molar-refractivity contribution >= 4 is 227 Å². The number of aryl methyl sites for hydroxylation is 5. The molecule has 0 saturated heterocycles. The maximum atomic E-state index is 13.7. The van der Waals surface area contributed by atoms with Crippen molar-refractivity contribution in [1.29, 1.82) is 0 Å². The second kappa shape index (κ2) is 69.1. The number of ether oxygens (including phenoxy) is 3. The van der Waals surface area contributed by atoms with Crippen LogP contribution in [-0.2, 0) is 127 Å². The third-order valence-corrected chi connectivity index (χ3v) is 24.2. The number of para-hydroxylation sites is 2. The molecular formula is C84H75Cl12F15O9P6Ti6. The zero-order valence-corrected chi connectivity index (χ0v) is 93.6. The van der Waals surface area contributed by atoms with Crippen LogP contribution in [0.15, 0.2) is 237 Å². The van der Waals surface area contributed by atoms with Gasteiger partial charge in [-0.05, 0) is 169 Å². The Morgan fingerprint density at radius 1 is 0.250 bits per heavy atom. The van der Waals surface area contributed by atoms with E-state index >= 15 is 0 Å². The van der Waals surface area contributed by atoms with Gasteiger partial charge in [0.25, 0.3) is 0 Å². The van der Waals surface area contributed by atoms with Crippen LogP contribution in [0.25, 0.3) is 0 Å². The molecule has 6 atom stereocenters.